The monoisotopic (exact) mass is 284 g/mol. The van der Waals surface area contributed by atoms with Gasteiger partial charge in [0.05, 0.1) is 19.8 Å². The molecular weight excluding hydrogens is 272 g/mol. The highest BCUT2D eigenvalue weighted by Crippen LogP contribution is 2.37. The highest BCUT2D eigenvalue weighted by atomic mass is 35.5. The van der Waals surface area contributed by atoms with E-state index in [4.69, 9.17) is 21.1 Å². The second-order valence-corrected chi connectivity index (χ2v) is 4.01. The number of aromatic hydroxyl groups is 1. The summed E-state index contributed by atoms with van der Waals surface area (Å²) in [6.45, 7) is 1.24. The Morgan fingerprint density at radius 2 is 1.68 bits per heavy atom. The Balaban J connectivity index is 3.39. The minimum atomic E-state index is -0.849. The van der Waals surface area contributed by atoms with Gasteiger partial charge in [-0.1, -0.05) is 0 Å². The van der Waals surface area contributed by atoms with Crippen LogP contribution in [0.5, 0.6) is 17.2 Å². The van der Waals surface area contributed by atoms with Gasteiger partial charge in [-0.05, 0) is 42.3 Å². The molecule has 1 rings (SSSR count). The smallest absolute Gasteiger partial charge is 0.255 e. The van der Waals surface area contributed by atoms with Crippen molar-refractivity contribution in [1.29, 1.82) is 0 Å². The van der Waals surface area contributed by atoms with E-state index >= 15 is 0 Å². The number of phenolic OH excluding ortho intramolecular Hbond substituents is 1. The predicted molar refractivity (Wildman–Crippen MR) is 70.7 cm³/mol. The second kappa shape index (κ2) is 6.24. The Kier molecular flexibility index (Phi) is 4.94. The Bertz CT molecular complexity index is 507. The van der Waals surface area contributed by atoms with Crippen molar-refractivity contribution in [3.8, 4) is 17.2 Å². The standard InChI is InChI=1S/C13H13ClO5/c1-7(15)9(13(14)17)4-8-5-10(18-2)12(16)11(6-8)19-3/h4-6,16H,1-3H3/b9-4+. The molecule has 19 heavy (non-hydrogen) atoms. The average Bonchev–Trinajstić information content (AvgIpc) is 2.36. The fraction of sp³-hybridized carbons (Fsp3) is 0.231. The molecule has 1 N–H and O–H groups in total. The van der Waals surface area contributed by atoms with Gasteiger partial charge in [0.2, 0.25) is 5.75 Å². The molecule has 0 unspecified atom stereocenters. The van der Waals surface area contributed by atoms with Gasteiger partial charge in [0, 0.05) is 0 Å². The number of allylic oxidation sites excluding steroid dienone is 1. The van der Waals surface area contributed by atoms with Crippen LogP contribution in [0.15, 0.2) is 17.7 Å². The zero-order chi connectivity index (χ0) is 14.6. The van der Waals surface area contributed by atoms with Crippen molar-refractivity contribution >= 4 is 28.7 Å². The summed E-state index contributed by atoms with van der Waals surface area (Å²) in [5.74, 6) is -0.291. The Hall–Kier alpha value is -2.01. The van der Waals surface area contributed by atoms with Crippen LogP contribution in [0.25, 0.3) is 6.08 Å². The molecule has 0 saturated carbocycles. The van der Waals surface area contributed by atoms with E-state index in [1.165, 1.54) is 39.4 Å². The number of Topliss-reactive ketones (excluding diaryl/α,β-unsaturated/α-hetero) is 1. The lowest BCUT2D eigenvalue weighted by molar-refractivity contribution is -0.116. The largest absolute Gasteiger partial charge is 0.502 e. The summed E-state index contributed by atoms with van der Waals surface area (Å²) >= 11 is 5.33. The van der Waals surface area contributed by atoms with Gasteiger partial charge in [0.25, 0.3) is 5.24 Å². The molecule has 102 valence electrons. The summed E-state index contributed by atoms with van der Waals surface area (Å²) in [7, 11) is 2.75. The molecule has 0 aromatic heterocycles. The first-order chi connectivity index (χ1) is 8.90. The third-order valence-electron chi connectivity index (χ3n) is 2.40. The molecule has 0 saturated heterocycles. The summed E-state index contributed by atoms with van der Waals surface area (Å²) in [6.07, 6.45) is 1.31. The molecule has 1 aromatic rings. The molecule has 0 radical (unpaired) electrons. The molecular formula is C13H13ClO5. The number of carbonyl (C=O) groups is 2. The Labute approximate surface area is 115 Å². The van der Waals surface area contributed by atoms with Crippen molar-refractivity contribution < 1.29 is 24.2 Å². The molecule has 0 spiro atoms. The number of benzene rings is 1. The molecule has 0 fully saturated rings. The number of hydrogen-bond donors (Lipinski definition) is 1. The van der Waals surface area contributed by atoms with Crippen LogP contribution in [0, 0.1) is 0 Å². The molecule has 0 bridgehead atoms. The van der Waals surface area contributed by atoms with Gasteiger partial charge in [-0.2, -0.15) is 0 Å². The van der Waals surface area contributed by atoms with Crippen LogP contribution in [0.4, 0.5) is 0 Å². The van der Waals surface area contributed by atoms with Crippen molar-refractivity contribution in [2.24, 2.45) is 0 Å². The van der Waals surface area contributed by atoms with E-state index in [0.29, 0.717) is 5.56 Å². The molecule has 5 nitrogen and oxygen atoms in total. The fourth-order valence-corrected chi connectivity index (χ4v) is 1.65. The van der Waals surface area contributed by atoms with E-state index in [0.717, 1.165) is 0 Å². The van der Waals surface area contributed by atoms with Crippen LogP contribution in [0.3, 0.4) is 0 Å². The lowest BCUT2D eigenvalue weighted by atomic mass is 10.1. The van der Waals surface area contributed by atoms with Gasteiger partial charge in [-0.3, -0.25) is 9.59 Å². The molecule has 1 aromatic carbocycles. The summed E-state index contributed by atoms with van der Waals surface area (Å²) in [5, 5.41) is 8.89. The van der Waals surface area contributed by atoms with E-state index in [1.54, 1.807) is 0 Å². The van der Waals surface area contributed by atoms with Gasteiger partial charge in [0.1, 0.15) is 0 Å². The van der Waals surface area contributed by atoms with E-state index in [9.17, 15) is 14.7 Å². The molecule has 6 heteroatoms. The normalized spacial score (nSPS) is 11.1. The lowest BCUT2D eigenvalue weighted by Gasteiger charge is -2.09. The van der Waals surface area contributed by atoms with E-state index in [1.807, 2.05) is 0 Å². The Morgan fingerprint density at radius 3 is 2.00 bits per heavy atom. The van der Waals surface area contributed by atoms with Gasteiger partial charge >= 0.3 is 0 Å². The molecule has 0 atom stereocenters. The van der Waals surface area contributed by atoms with Gasteiger partial charge in [-0.25, -0.2) is 0 Å². The van der Waals surface area contributed by atoms with E-state index in [2.05, 4.69) is 0 Å². The van der Waals surface area contributed by atoms with Crippen molar-refractivity contribution in [1.82, 2.24) is 0 Å². The highest BCUT2D eigenvalue weighted by molar-refractivity contribution is 6.71. The van der Waals surface area contributed by atoms with E-state index in [-0.39, 0.29) is 22.8 Å². The van der Waals surface area contributed by atoms with Gasteiger partial charge in [0.15, 0.2) is 17.3 Å². The summed E-state index contributed by atoms with van der Waals surface area (Å²) < 4.78 is 9.94. The molecule has 0 aliphatic heterocycles. The predicted octanol–water partition coefficient (Wildman–Crippen LogP) is 2.15. The average molecular weight is 285 g/mol. The molecule has 0 heterocycles. The summed E-state index contributed by atoms with van der Waals surface area (Å²) in [6, 6.07) is 2.92. The van der Waals surface area contributed by atoms with Crippen molar-refractivity contribution in [3.63, 3.8) is 0 Å². The molecule has 0 amide bonds. The topological polar surface area (TPSA) is 72.8 Å². The third-order valence-corrected chi connectivity index (χ3v) is 2.61. The number of rotatable bonds is 5. The SMILES string of the molecule is COc1cc(/C=C(\C(C)=O)C(=O)Cl)cc(OC)c1O. The lowest BCUT2D eigenvalue weighted by Crippen LogP contribution is -2.03. The minimum absolute atomic E-state index is 0.156. The van der Waals surface area contributed by atoms with Crippen molar-refractivity contribution in [2.45, 2.75) is 6.92 Å². The Morgan fingerprint density at radius 1 is 1.21 bits per heavy atom. The zero-order valence-electron chi connectivity index (χ0n) is 10.7. The molecule has 0 aliphatic rings. The number of ketones is 1. The minimum Gasteiger partial charge on any atom is -0.502 e. The van der Waals surface area contributed by atoms with Crippen LogP contribution in [-0.4, -0.2) is 30.4 Å². The van der Waals surface area contributed by atoms with Crippen LogP contribution in [0.2, 0.25) is 0 Å². The number of carbonyl (C=O) groups excluding carboxylic acids is 2. The number of ether oxygens (including phenoxy) is 2. The maximum absolute atomic E-state index is 11.3. The number of hydrogen-bond acceptors (Lipinski definition) is 5. The number of methoxy groups -OCH3 is 2. The van der Waals surface area contributed by atoms with Crippen LogP contribution < -0.4 is 9.47 Å². The first-order valence-electron chi connectivity index (χ1n) is 5.28. The highest BCUT2D eigenvalue weighted by Gasteiger charge is 2.14. The van der Waals surface area contributed by atoms with Crippen molar-refractivity contribution in [3.05, 3.63) is 23.3 Å². The van der Waals surface area contributed by atoms with E-state index < -0.39 is 11.0 Å². The number of phenols is 1. The van der Waals surface area contributed by atoms with Gasteiger partial charge < -0.3 is 14.6 Å². The third kappa shape index (κ3) is 3.48. The maximum atomic E-state index is 11.3. The molecule has 0 aliphatic carbocycles. The summed E-state index contributed by atoms with van der Waals surface area (Å²) in [4.78, 5) is 22.4. The fourth-order valence-electron chi connectivity index (χ4n) is 1.46. The second-order valence-electron chi connectivity index (χ2n) is 3.66. The maximum Gasteiger partial charge on any atom is 0.255 e. The number of halogens is 1. The van der Waals surface area contributed by atoms with Crippen LogP contribution in [-0.2, 0) is 9.59 Å². The van der Waals surface area contributed by atoms with Gasteiger partial charge in [-0.15, -0.1) is 0 Å². The summed E-state index contributed by atoms with van der Waals surface area (Å²) in [5.41, 5.74) is 0.294. The first kappa shape index (κ1) is 15.0. The first-order valence-corrected chi connectivity index (χ1v) is 5.66. The van der Waals surface area contributed by atoms with Crippen molar-refractivity contribution in [2.75, 3.05) is 14.2 Å². The zero-order valence-corrected chi connectivity index (χ0v) is 11.4. The van der Waals surface area contributed by atoms with Crippen LogP contribution in [0.1, 0.15) is 12.5 Å². The van der Waals surface area contributed by atoms with Crippen LogP contribution >= 0.6 is 11.6 Å². The quantitative estimate of drug-likeness (QED) is 0.388.